The number of aliphatic carboxylic acids is 1. The molecule has 1 saturated carbocycles. The van der Waals surface area contributed by atoms with E-state index in [1.807, 2.05) is 24.3 Å². The van der Waals surface area contributed by atoms with Crippen molar-refractivity contribution >= 4 is 29.2 Å². The van der Waals surface area contributed by atoms with Crippen molar-refractivity contribution in [2.45, 2.75) is 90.5 Å². The maximum Gasteiger partial charge on any atom is 0.303 e. The van der Waals surface area contributed by atoms with Gasteiger partial charge >= 0.3 is 5.97 Å². The molecular weight excluding hydrogens is 645 g/mol. The first-order valence-electron chi connectivity index (χ1n) is 19.0. The predicted molar refractivity (Wildman–Crippen MR) is 211 cm³/mol. The molecule has 0 spiro atoms. The largest absolute Gasteiger partial charge is 0.496 e. The maximum atomic E-state index is 11.0. The molecule has 2 aliphatic rings. The fraction of sp³-hybridized carbons (Fsp3) is 0.391. The molecule has 7 rings (SSSR count). The Labute approximate surface area is 308 Å². The molecule has 1 fully saturated rings. The molecule has 2 aliphatic carbocycles. The molecule has 0 radical (unpaired) electrons. The van der Waals surface area contributed by atoms with Crippen LogP contribution in [0, 0.1) is 11.3 Å². The van der Waals surface area contributed by atoms with E-state index in [1.54, 1.807) is 18.2 Å². The van der Waals surface area contributed by atoms with E-state index in [1.165, 1.54) is 31.2 Å². The molecule has 0 bridgehead atoms. The average molecular weight is 697 g/mol. The third-order valence-electron chi connectivity index (χ3n) is 11.9. The number of ether oxygens (including phenoxy) is 2. The Bertz CT molecular complexity index is 2100. The fourth-order valence-corrected chi connectivity index (χ4v) is 9.29. The third kappa shape index (κ3) is 7.00. The Balaban J connectivity index is 1.28. The summed E-state index contributed by atoms with van der Waals surface area (Å²) in [6.45, 7) is 10.8. The van der Waals surface area contributed by atoms with Gasteiger partial charge in [0, 0.05) is 19.0 Å². The van der Waals surface area contributed by atoms with E-state index in [2.05, 4.69) is 105 Å². The number of imidazole rings is 1. The van der Waals surface area contributed by atoms with Crippen molar-refractivity contribution in [3.63, 3.8) is 0 Å². The Morgan fingerprint density at radius 2 is 1.79 bits per heavy atom. The minimum Gasteiger partial charge on any atom is -0.496 e. The van der Waals surface area contributed by atoms with Crippen molar-refractivity contribution in [2.24, 2.45) is 11.3 Å². The molecule has 0 aliphatic heterocycles. The van der Waals surface area contributed by atoms with Crippen LogP contribution in [0.1, 0.15) is 100.0 Å². The summed E-state index contributed by atoms with van der Waals surface area (Å²) in [6.07, 6.45) is 10.7. The molecule has 6 heteroatoms. The molecule has 52 heavy (non-hydrogen) atoms. The summed E-state index contributed by atoms with van der Waals surface area (Å²) in [5.41, 5.74) is 9.98. The molecule has 4 aromatic carbocycles. The first-order valence-corrected chi connectivity index (χ1v) is 19.0. The number of carboxylic acids is 1. The number of carbonyl (C=O) groups is 1. The second-order valence-electron chi connectivity index (χ2n) is 15.8. The van der Waals surface area contributed by atoms with Gasteiger partial charge in [-0.1, -0.05) is 101 Å². The van der Waals surface area contributed by atoms with E-state index < -0.39 is 5.97 Å². The Kier molecular flexibility index (Phi) is 10.0. The minimum absolute atomic E-state index is 0.0517. The topological polar surface area (TPSA) is 73.6 Å². The lowest BCUT2D eigenvalue weighted by molar-refractivity contribution is -0.137. The van der Waals surface area contributed by atoms with Gasteiger partial charge in [-0.3, -0.25) is 4.79 Å². The van der Waals surface area contributed by atoms with Crippen molar-refractivity contribution in [1.29, 1.82) is 0 Å². The number of hydrogen-bond donors (Lipinski definition) is 1. The highest BCUT2D eigenvalue weighted by molar-refractivity contribution is 5.85. The molecule has 0 unspecified atom stereocenters. The zero-order valence-corrected chi connectivity index (χ0v) is 31.3. The van der Waals surface area contributed by atoms with E-state index in [9.17, 15) is 4.79 Å². The highest BCUT2D eigenvalue weighted by Gasteiger charge is 2.52. The van der Waals surface area contributed by atoms with Crippen LogP contribution in [0.2, 0.25) is 0 Å². The summed E-state index contributed by atoms with van der Waals surface area (Å²) in [5.74, 6) is 2.47. The highest BCUT2D eigenvalue weighted by Crippen LogP contribution is 2.58. The van der Waals surface area contributed by atoms with Gasteiger partial charge in [0.1, 0.15) is 17.3 Å². The molecule has 0 amide bonds. The van der Waals surface area contributed by atoms with Gasteiger partial charge in [0.05, 0.1) is 30.3 Å². The normalized spacial score (nSPS) is 21.3. The Morgan fingerprint density at radius 3 is 2.56 bits per heavy atom. The van der Waals surface area contributed by atoms with Crippen LogP contribution in [-0.4, -0.2) is 34.3 Å². The molecule has 0 saturated heterocycles. The van der Waals surface area contributed by atoms with Crippen molar-refractivity contribution < 1.29 is 19.4 Å². The van der Waals surface area contributed by atoms with Crippen LogP contribution in [0.5, 0.6) is 11.5 Å². The number of hydrogen-bond acceptors (Lipinski definition) is 4. The number of carboxylic acid groups (broad SMARTS) is 1. The van der Waals surface area contributed by atoms with Gasteiger partial charge in [0.2, 0.25) is 0 Å². The smallest absolute Gasteiger partial charge is 0.303 e. The highest BCUT2D eigenvalue weighted by atomic mass is 16.5. The number of fused-ring (bicyclic) bond motifs is 4. The summed E-state index contributed by atoms with van der Waals surface area (Å²) >= 11 is 0. The minimum atomic E-state index is -0.821. The average Bonchev–Trinajstić information content (AvgIpc) is 3.48. The summed E-state index contributed by atoms with van der Waals surface area (Å²) in [4.78, 5) is 16.4. The van der Waals surface area contributed by atoms with E-state index >= 15 is 0 Å². The van der Waals surface area contributed by atoms with Gasteiger partial charge in [0.15, 0.2) is 0 Å². The third-order valence-corrected chi connectivity index (χ3v) is 11.9. The lowest BCUT2D eigenvalue weighted by Gasteiger charge is -2.56. The fourth-order valence-electron chi connectivity index (χ4n) is 9.29. The van der Waals surface area contributed by atoms with Crippen molar-refractivity contribution in [3.8, 4) is 22.9 Å². The number of nitrogens with zero attached hydrogens (tertiary/aromatic N) is 2. The molecule has 3 atom stereocenters. The van der Waals surface area contributed by atoms with Gasteiger partial charge in [-0.2, -0.15) is 0 Å². The number of aryl methyl sites for hydroxylation is 1. The molecule has 5 aromatic rings. The van der Waals surface area contributed by atoms with Crippen LogP contribution in [0.3, 0.4) is 0 Å². The number of aromatic nitrogens is 2. The quantitative estimate of drug-likeness (QED) is 0.104. The zero-order valence-electron chi connectivity index (χ0n) is 31.3. The first kappa shape index (κ1) is 35.6. The molecular formula is C46H52N2O4. The van der Waals surface area contributed by atoms with Gasteiger partial charge < -0.3 is 19.1 Å². The van der Waals surface area contributed by atoms with Crippen LogP contribution in [0.15, 0.2) is 84.9 Å². The second kappa shape index (κ2) is 14.7. The van der Waals surface area contributed by atoms with Crippen LogP contribution < -0.4 is 9.47 Å². The monoisotopic (exact) mass is 696 g/mol. The lowest BCUT2D eigenvalue weighted by Crippen LogP contribution is -2.50. The van der Waals surface area contributed by atoms with Gasteiger partial charge in [-0.15, -0.1) is 0 Å². The van der Waals surface area contributed by atoms with E-state index in [0.717, 1.165) is 46.5 Å². The molecule has 1 aromatic heterocycles. The van der Waals surface area contributed by atoms with Crippen LogP contribution in [0.4, 0.5) is 0 Å². The van der Waals surface area contributed by atoms with Gasteiger partial charge in [-0.25, -0.2) is 4.98 Å². The second-order valence-corrected chi connectivity index (χ2v) is 15.8. The summed E-state index contributed by atoms with van der Waals surface area (Å²) in [7, 11) is 1.69. The predicted octanol–water partition coefficient (Wildman–Crippen LogP) is 11.0. The maximum absolute atomic E-state index is 11.0. The molecule has 6 nitrogen and oxygen atoms in total. The molecule has 1 N–H and O–H groups in total. The number of rotatable bonds is 12. The van der Waals surface area contributed by atoms with Gasteiger partial charge in [0.25, 0.3) is 0 Å². The van der Waals surface area contributed by atoms with Gasteiger partial charge in [-0.05, 0) is 107 Å². The van der Waals surface area contributed by atoms with Crippen LogP contribution in [0.25, 0.3) is 34.6 Å². The summed E-state index contributed by atoms with van der Waals surface area (Å²) in [5, 5.41) is 9.04. The SMILES string of the molecule is COc1cc(OCCCC(=O)O)ccc1-c1nc2cc(/C=C/c3ccccc3)ccc2n1C[C@@]1(C)CCC[C@]2(C)c3ccc(C(C)C)cc3CC[C@@H]12. The Hall–Kier alpha value is -4.84. The van der Waals surface area contributed by atoms with Crippen molar-refractivity contribution in [3.05, 3.63) is 113 Å². The van der Waals surface area contributed by atoms with Crippen molar-refractivity contribution in [1.82, 2.24) is 9.55 Å². The summed E-state index contributed by atoms with van der Waals surface area (Å²) < 4.78 is 14.4. The van der Waals surface area contributed by atoms with Crippen LogP contribution >= 0.6 is 0 Å². The number of benzene rings is 4. The first-order chi connectivity index (χ1) is 25.1. The van der Waals surface area contributed by atoms with E-state index in [0.29, 0.717) is 36.4 Å². The Morgan fingerprint density at radius 1 is 0.981 bits per heavy atom. The lowest BCUT2D eigenvalue weighted by atomic mass is 9.49. The molecule has 270 valence electrons. The van der Waals surface area contributed by atoms with E-state index in [4.69, 9.17) is 19.6 Å². The summed E-state index contributed by atoms with van der Waals surface area (Å²) in [6, 6.07) is 30.2. The zero-order chi connectivity index (χ0) is 36.5. The standard InChI is InChI=1S/C46H52N2O4/c1-31(2)34-17-21-38-35(28-34)18-23-42-45(3,24-10-25-46(38,42)4)30-48-40-22-16-33(15-14-32-11-7-6-8-12-32)27-39(40)47-44(48)37-20-19-36(29-41(37)51-5)52-26-9-13-43(49)50/h6-8,11-12,14-17,19-22,27-29,31,42H,9-10,13,18,23-26,30H2,1-5H3,(H,49,50)/b15-14+/t42-,45+,46+/m0/s1. The van der Waals surface area contributed by atoms with Crippen LogP contribution in [-0.2, 0) is 23.2 Å². The molecule has 1 heterocycles. The number of methoxy groups -OCH3 is 1. The van der Waals surface area contributed by atoms with E-state index in [-0.39, 0.29) is 17.3 Å². The van der Waals surface area contributed by atoms with Crippen molar-refractivity contribution in [2.75, 3.05) is 13.7 Å².